The molecule has 2 aromatic carbocycles. The van der Waals surface area contributed by atoms with Crippen LogP contribution in [-0.2, 0) is 6.42 Å². The Morgan fingerprint density at radius 2 is 1.81 bits per heavy atom. The van der Waals surface area contributed by atoms with E-state index in [0.29, 0.717) is 12.4 Å². The molecule has 0 amide bonds. The topological polar surface area (TPSA) is 79.4 Å². The molecule has 0 radical (unpaired) electrons. The number of anilines is 2. The Balaban J connectivity index is 1.49. The van der Waals surface area contributed by atoms with E-state index in [0.717, 1.165) is 33.4 Å². The minimum absolute atomic E-state index is 0.543. The van der Waals surface area contributed by atoms with Crippen LogP contribution in [0.4, 0.5) is 11.6 Å². The van der Waals surface area contributed by atoms with Gasteiger partial charge in [0.2, 0.25) is 5.95 Å². The summed E-state index contributed by atoms with van der Waals surface area (Å²) < 4.78 is 0. The molecule has 4 aromatic rings. The quantitative estimate of drug-likeness (QED) is 0.554. The molecule has 0 saturated carbocycles. The zero-order chi connectivity index (χ0) is 17.8. The van der Waals surface area contributed by atoms with E-state index in [4.69, 9.17) is 11.6 Å². The molecule has 0 fully saturated rings. The molecular formula is C19H15ClN6. The van der Waals surface area contributed by atoms with Gasteiger partial charge in [-0.15, -0.1) is 0 Å². The molecule has 6 nitrogen and oxygen atoms in total. The van der Waals surface area contributed by atoms with E-state index in [9.17, 15) is 0 Å². The molecule has 128 valence electrons. The first-order valence-corrected chi connectivity index (χ1v) is 8.44. The van der Waals surface area contributed by atoms with E-state index >= 15 is 0 Å². The Morgan fingerprint density at radius 1 is 0.962 bits per heavy atom. The fourth-order valence-corrected chi connectivity index (χ4v) is 2.78. The predicted octanol–water partition coefficient (Wildman–Crippen LogP) is 4.25. The minimum atomic E-state index is 0.543. The van der Waals surface area contributed by atoms with Crippen LogP contribution in [0.15, 0.2) is 67.1 Å². The fraction of sp³-hybridized carbons (Fsp3) is 0.0526. The van der Waals surface area contributed by atoms with E-state index in [1.165, 1.54) is 6.33 Å². The summed E-state index contributed by atoms with van der Waals surface area (Å²) in [7, 11) is 0. The average molecular weight is 363 g/mol. The zero-order valence-corrected chi connectivity index (χ0v) is 14.5. The Kier molecular flexibility index (Phi) is 4.57. The highest BCUT2D eigenvalue weighted by Crippen LogP contribution is 2.21. The molecule has 0 spiro atoms. The maximum atomic E-state index is 6.23. The summed E-state index contributed by atoms with van der Waals surface area (Å²) >= 11 is 6.23. The van der Waals surface area contributed by atoms with Gasteiger partial charge >= 0.3 is 0 Å². The summed E-state index contributed by atoms with van der Waals surface area (Å²) in [5.41, 5.74) is 3.79. The number of H-pyrrole nitrogens is 1. The van der Waals surface area contributed by atoms with Crippen molar-refractivity contribution in [2.24, 2.45) is 0 Å². The number of benzene rings is 2. The van der Waals surface area contributed by atoms with E-state index < -0.39 is 0 Å². The van der Waals surface area contributed by atoms with Crippen LogP contribution in [0.25, 0.3) is 11.4 Å². The van der Waals surface area contributed by atoms with Crippen molar-refractivity contribution in [3.05, 3.63) is 83.4 Å². The second-order valence-corrected chi connectivity index (χ2v) is 6.08. The Morgan fingerprint density at radius 3 is 2.58 bits per heavy atom. The molecule has 0 bridgehead atoms. The first-order chi connectivity index (χ1) is 12.8. The third kappa shape index (κ3) is 3.70. The number of halogens is 1. The van der Waals surface area contributed by atoms with Gasteiger partial charge in [-0.3, -0.25) is 5.10 Å². The van der Waals surface area contributed by atoms with Crippen LogP contribution in [0.1, 0.15) is 11.3 Å². The number of nitrogens with zero attached hydrogens (tertiary/aromatic N) is 4. The van der Waals surface area contributed by atoms with Crippen LogP contribution >= 0.6 is 11.6 Å². The lowest BCUT2D eigenvalue weighted by Gasteiger charge is -2.08. The van der Waals surface area contributed by atoms with Gasteiger partial charge in [-0.25, -0.2) is 15.0 Å². The van der Waals surface area contributed by atoms with Crippen molar-refractivity contribution in [2.75, 3.05) is 5.32 Å². The maximum Gasteiger partial charge on any atom is 0.227 e. The van der Waals surface area contributed by atoms with Gasteiger partial charge in [-0.2, -0.15) is 5.10 Å². The molecule has 2 N–H and O–H groups in total. The molecule has 2 heterocycles. The second kappa shape index (κ2) is 7.33. The van der Waals surface area contributed by atoms with Crippen LogP contribution in [0.5, 0.6) is 0 Å². The number of rotatable bonds is 5. The van der Waals surface area contributed by atoms with Crippen LogP contribution < -0.4 is 5.32 Å². The molecule has 26 heavy (non-hydrogen) atoms. The summed E-state index contributed by atoms with van der Waals surface area (Å²) in [4.78, 5) is 13.0. The molecule has 0 unspecified atom stereocenters. The summed E-state index contributed by atoms with van der Waals surface area (Å²) in [6.07, 6.45) is 3.88. The lowest BCUT2D eigenvalue weighted by atomic mass is 10.1. The predicted molar refractivity (Wildman–Crippen MR) is 101 cm³/mol. The molecule has 0 saturated heterocycles. The lowest BCUT2D eigenvalue weighted by Crippen LogP contribution is -2.00. The van der Waals surface area contributed by atoms with E-state index in [-0.39, 0.29) is 0 Å². The van der Waals surface area contributed by atoms with Gasteiger partial charge in [0.1, 0.15) is 6.33 Å². The molecule has 0 aliphatic rings. The molecule has 0 atom stereocenters. The van der Waals surface area contributed by atoms with Crippen molar-refractivity contribution >= 4 is 23.2 Å². The molecule has 2 aromatic heterocycles. The lowest BCUT2D eigenvalue weighted by molar-refractivity contribution is 1.03. The standard InChI is InChI=1S/C19H15ClN6/c20-17-4-2-1-3-14(17)11-16-9-10-21-19(25-16)24-15-7-5-13(6-8-15)18-22-12-23-26-18/h1-10,12H,11H2,(H,21,24,25)(H,22,23,26). The average Bonchev–Trinajstić information content (AvgIpc) is 3.19. The van der Waals surface area contributed by atoms with Gasteiger partial charge < -0.3 is 5.32 Å². The Bertz CT molecular complexity index is 999. The van der Waals surface area contributed by atoms with Crippen molar-refractivity contribution in [3.63, 3.8) is 0 Å². The Labute approximate surface area is 155 Å². The monoisotopic (exact) mass is 362 g/mol. The number of aromatic amines is 1. The van der Waals surface area contributed by atoms with Crippen molar-refractivity contribution in [3.8, 4) is 11.4 Å². The molecular weight excluding hydrogens is 348 g/mol. The van der Waals surface area contributed by atoms with Crippen LogP contribution in [-0.4, -0.2) is 25.1 Å². The third-order valence-electron chi connectivity index (χ3n) is 3.87. The van der Waals surface area contributed by atoms with Crippen LogP contribution in [0.3, 0.4) is 0 Å². The Hall–Kier alpha value is -3.25. The van der Waals surface area contributed by atoms with Gasteiger partial charge in [0.05, 0.1) is 5.69 Å². The van der Waals surface area contributed by atoms with E-state index in [1.807, 2.05) is 54.6 Å². The highest BCUT2D eigenvalue weighted by atomic mass is 35.5. The smallest absolute Gasteiger partial charge is 0.227 e. The van der Waals surface area contributed by atoms with Crippen LogP contribution in [0.2, 0.25) is 5.02 Å². The molecule has 7 heteroatoms. The van der Waals surface area contributed by atoms with Gasteiger partial charge in [-0.1, -0.05) is 29.8 Å². The number of hydrogen-bond acceptors (Lipinski definition) is 5. The minimum Gasteiger partial charge on any atom is -0.324 e. The molecule has 4 rings (SSSR count). The summed E-state index contributed by atoms with van der Waals surface area (Å²) in [5, 5.41) is 10.7. The largest absolute Gasteiger partial charge is 0.324 e. The van der Waals surface area contributed by atoms with Crippen molar-refractivity contribution in [2.45, 2.75) is 6.42 Å². The second-order valence-electron chi connectivity index (χ2n) is 5.68. The highest BCUT2D eigenvalue weighted by molar-refractivity contribution is 6.31. The molecule has 0 aliphatic heterocycles. The van der Waals surface area contributed by atoms with Gasteiger partial charge in [0.15, 0.2) is 5.82 Å². The van der Waals surface area contributed by atoms with Crippen molar-refractivity contribution < 1.29 is 0 Å². The van der Waals surface area contributed by atoms with Crippen LogP contribution in [0, 0.1) is 0 Å². The number of aromatic nitrogens is 5. The summed E-state index contributed by atoms with van der Waals surface area (Å²) in [5.74, 6) is 1.27. The first-order valence-electron chi connectivity index (χ1n) is 8.06. The first kappa shape index (κ1) is 16.2. The van der Waals surface area contributed by atoms with Gasteiger partial charge in [0.25, 0.3) is 0 Å². The van der Waals surface area contributed by atoms with Crippen molar-refractivity contribution in [1.82, 2.24) is 25.1 Å². The SMILES string of the molecule is Clc1ccccc1Cc1ccnc(Nc2ccc(-c3ncn[nH]3)cc2)n1. The fourth-order valence-electron chi connectivity index (χ4n) is 2.58. The van der Waals surface area contributed by atoms with E-state index in [2.05, 4.69) is 30.5 Å². The zero-order valence-electron chi connectivity index (χ0n) is 13.7. The third-order valence-corrected chi connectivity index (χ3v) is 4.24. The van der Waals surface area contributed by atoms with Gasteiger partial charge in [0, 0.05) is 28.9 Å². The summed E-state index contributed by atoms with van der Waals surface area (Å²) in [6, 6.07) is 17.5. The summed E-state index contributed by atoms with van der Waals surface area (Å²) in [6.45, 7) is 0. The normalized spacial score (nSPS) is 10.7. The van der Waals surface area contributed by atoms with E-state index in [1.54, 1.807) is 6.20 Å². The number of hydrogen-bond donors (Lipinski definition) is 2. The maximum absolute atomic E-state index is 6.23. The van der Waals surface area contributed by atoms with Crippen molar-refractivity contribution in [1.29, 1.82) is 0 Å². The molecule has 0 aliphatic carbocycles. The number of nitrogens with one attached hydrogen (secondary N) is 2. The highest BCUT2D eigenvalue weighted by Gasteiger charge is 2.05. The van der Waals surface area contributed by atoms with Gasteiger partial charge in [-0.05, 0) is 42.0 Å².